The second kappa shape index (κ2) is 6.01. The van der Waals surface area contributed by atoms with Crippen LogP contribution < -0.4 is 5.32 Å². The number of hydrogen-bond donors (Lipinski definition) is 2. The number of cyclic esters (lactones) is 2. The maximum Gasteiger partial charge on any atom is 0.350 e. The van der Waals surface area contributed by atoms with Crippen LogP contribution in [-0.4, -0.2) is 27.9 Å². The fourth-order valence-corrected chi connectivity index (χ4v) is 3.22. The van der Waals surface area contributed by atoms with Gasteiger partial charge in [-0.25, -0.2) is 9.59 Å². The number of aryl methyl sites for hydroxylation is 1. The van der Waals surface area contributed by atoms with Crippen molar-refractivity contribution in [1.82, 2.24) is 10.2 Å². The van der Waals surface area contributed by atoms with Gasteiger partial charge in [-0.3, -0.25) is 5.10 Å². The lowest BCUT2D eigenvalue weighted by molar-refractivity contribution is -0.222. The molecule has 0 unspecified atom stereocenters. The Balaban J connectivity index is 1.50. The third kappa shape index (κ3) is 2.96. The van der Waals surface area contributed by atoms with Crippen molar-refractivity contribution in [3.05, 3.63) is 47.3 Å². The smallest absolute Gasteiger partial charge is 0.350 e. The van der Waals surface area contributed by atoms with Crippen molar-refractivity contribution in [2.75, 3.05) is 5.32 Å². The van der Waals surface area contributed by atoms with Gasteiger partial charge in [0.1, 0.15) is 0 Å². The Morgan fingerprint density at radius 1 is 1.12 bits per heavy atom. The molecule has 0 amide bonds. The van der Waals surface area contributed by atoms with E-state index in [9.17, 15) is 9.59 Å². The first-order valence-electron chi connectivity index (χ1n) is 8.53. The van der Waals surface area contributed by atoms with Gasteiger partial charge in [0, 0.05) is 42.6 Å². The van der Waals surface area contributed by atoms with E-state index >= 15 is 0 Å². The van der Waals surface area contributed by atoms with Crippen LogP contribution in [0.5, 0.6) is 0 Å². The molecule has 0 spiro atoms. The lowest BCUT2D eigenvalue weighted by atomic mass is 10.1. The van der Waals surface area contributed by atoms with E-state index in [-0.39, 0.29) is 5.57 Å². The number of fused-ring (bicyclic) bond motifs is 1. The highest BCUT2D eigenvalue weighted by Crippen LogP contribution is 2.31. The molecule has 1 aromatic carbocycles. The summed E-state index contributed by atoms with van der Waals surface area (Å²) in [5.74, 6) is -2.65. The Morgan fingerprint density at radius 3 is 2.50 bits per heavy atom. The van der Waals surface area contributed by atoms with Crippen LogP contribution in [0.1, 0.15) is 31.5 Å². The largest absolute Gasteiger partial charge is 0.419 e. The Hall–Kier alpha value is -3.09. The van der Waals surface area contributed by atoms with E-state index in [1.165, 1.54) is 31.3 Å². The van der Waals surface area contributed by atoms with Crippen molar-refractivity contribution in [1.29, 1.82) is 0 Å². The third-order valence-electron chi connectivity index (χ3n) is 4.46. The maximum absolute atomic E-state index is 11.9. The molecule has 2 aromatic rings. The van der Waals surface area contributed by atoms with Crippen LogP contribution in [0.3, 0.4) is 0 Å². The zero-order valence-corrected chi connectivity index (χ0v) is 14.6. The quantitative estimate of drug-likeness (QED) is 0.501. The molecule has 0 saturated carbocycles. The first kappa shape index (κ1) is 16.4. The summed E-state index contributed by atoms with van der Waals surface area (Å²) in [4.78, 5) is 23.8. The number of esters is 2. The predicted octanol–water partition coefficient (Wildman–Crippen LogP) is 2.70. The fourth-order valence-electron chi connectivity index (χ4n) is 3.22. The van der Waals surface area contributed by atoms with E-state index in [4.69, 9.17) is 9.47 Å². The fraction of sp³-hybridized carbons (Fsp3) is 0.316. The second-order valence-corrected chi connectivity index (χ2v) is 6.84. The van der Waals surface area contributed by atoms with E-state index in [1.807, 2.05) is 24.3 Å². The standard InChI is InChI=1S/C19H19N3O4/c1-19(2)25-17(23)14(18(24)26-19)10-20-12-8-6-11(7-9-12)16-13-4-3-5-15(13)21-22-16/h6-10,20H,3-5H2,1-2H3,(H,21,22). The molecule has 1 aliphatic carbocycles. The van der Waals surface area contributed by atoms with E-state index in [0.29, 0.717) is 0 Å². The van der Waals surface area contributed by atoms with Gasteiger partial charge in [-0.15, -0.1) is 0 Å². The number of anilines is 1. The predicted molar refractivity (Wildman–Crippen MR) is 94.0 cm³/mol. The molecule has 7 heteroatoms. The number of aromatic nitrogens is 2. The molecule has 1 saturated heterocycles. The van der Waals surface area contributed by atoms with Crippen LogP contribution in [0.15, 0.2) is 36.0 Å². The molecule has 4 rings (SSSR count). The van der Waals surface area contributed by atoms with Crippen molar-refractivity contribution in [2.24, 2.45) is 0 Å². The number of hydrogen-bond acceptors (Lipinski definition) is 6. The number of nitrogens with one attached hydrogen (secondary N) is 2. The monoisotopic (exact) mass is 353 g/mol. The van der Waals surface area contributed by atoms with Gasteiger partial charge in [0.15, 0.2) is 5.57 Å². The number of aromatic amines is 1. The molecule has 1 aromatic heterocycles. The molecule has 26 heavy (non-hydrogen) atoms. The van der Waals surface area contributed by atoms with Crippen molar-refractivity contribution < 1.29 is 19.1 Å². The SMILES string of the molecule is CC1(C)OC(=O)C(=CNc2ccc(-c3n[nH]c4c3CCC4)cc2)C(=O)O1. The van der Waals surface area contributed by atoms with Gasteiger partial charge < -0.3 is 14.8 Å². The van der Waals surface area contributed by atoms with Crippen molar-refractivity contribution in [2.45, 2.75) is 38.9 Å². The number of carbonyl (C=O) groups is 2. The minimum atomic E-state index is -1.24. The maximum atomic E-state index is 11.9. The summed E-state index contributed by atoms with van der Waals surface area (Å²) in [6.07, 6.45) is 4.57. The van der Waals surface area contributed by atoms with Crippen molar-refractivity contribution in [3.8, 4) is 11.3 Å². The van der Waals surface area contributed by atoms with Crippen LogP contribution >= 0.6 is 0 Å². The van der Waals surface area contributed by atoms with Crippen molar-refractivity contribution >= 4 is 17.6 Å². The van der Waals surface area contributed by atoms with E-state index < -0.39 is 17.7 Å². The zero-order valence-electron chi connectivity index (χ0n) is 14.6. The minimum Gasteiger partial charge on any atom is -0.419 e. The summed E-state index contributed by atoms with van der Waals surface area (Å²) < 4.78 is 10.1. The van der Waals surface area contributed by atoms with E-state index in [1.54, 1.807) is 0 Å². The van der Waals surface area contributed by atoms with Gasteiger partial charge >= 0.3 is 11.9 Å². The van der Waals surface area contributed by atoms with E-state index in [0.717, 1.165) is 36.2 Å². The van der Waals surface area contributed by atoms with Gasteiger partial charge in [-0.1, -0.05) is 12.1 Å². The number of rotatable bonds is 3. The van der Waals surface area contributed by atoms with Crippen LogP contribution in [0, 0.1) is 0 Å². The van der Waals surface area contributed by atoms with Crippen LogP contribution in [0.25, 0.3) is 11.3 Å². The highest BCUT2D eigenvalue weighted by Gasteiger charge is 2.38. The topological polar surface area (TPSA) is 93.3 Å². The molecule has 134 valence electrons. The highest BCUT2D eigenvalue weighted by atomic mass is 16.7. The number of carbonyl (C=O) groups excluding carboxylic acids is 2. The number of benzene rings is 1. The van der Waals surface area contributed by atoms with Gasteiger partial charge in [-0.05, 0) is 31.4 Å². The Morgan fingerprint density at radius 2 is 1.81 bits per heavy atom. The average molecular weight is 353 g/mol. The van der Waals surface area contributed by atoms with Gasteiger partial charge in [0.2, 0.25) is 0 Å². The lowest BCUT2D eigenvalue weighted by Crippen LogP contribution is -2.42. The summed E-state index contributed by atoms with van der Waals surface area (Å²) >= 11 is 0. The van der Waals surface area contributed by atoms with Crippen LogP contribution in [-0.2, 0) is 31.9 Å². The second-order valence-electron chi connectivity index (χ2n) is 6.84. The van der Waals surface area contributed by atoms with Gasteiger partial charge in [-0.2, -0.15) is 5.10 Å². The average Bonchev–Trinajstić information content (AvgIpc) is 3.17. The molecule has 0 radical (unpaired) electrons. The van der Waals surface area contributed by atoms with Gasteiger partial charge in [0.05, 0.1) is 5.69 Å². The van der Waals surface area contributed by atoms with E-state index in [2.05, 4.69) is 15.5 Å². The molecular weight excluding hydrogens is 334 g/mol. The molecule has 2 N–H and O–H groups in total. The Bertz CT molecular complexity index is 887. The lowest BCUT2D eigenvalue weighted by Gasteiger charge is -2.29. The Kier molecular flexibility index (Phi) is 3.79. The number of nitrogens with zero attached hydrogens (tertiary/aromatic N) is 1. The van der Waals surface area contributed by atoms with Gasteiger partial charge in [0.25, 0.3) is 5.79 Å². The summed E-state index contributed by atoms with van der Waals surface area (Å²) in [6.45, 7) is 3.02. The third-order valence-corrected chi connectivity index (χ3v) is 4.46. The van der Waals surface area contributed by atoms with Crippen molar-refractivity contribution in [3.63, 3.8) is 0 Å². The molecular formula is C19H19N3O4. The molecule has 2 heterocycles. The molecule has 7 nitrogen and oxygen atoms in total. The van der Waals surface area contributed by atoms with Crippen LogP contribution in [0.2, 0.25) is 0 Å². The minimum absolute atomic E-state index is 0.168. The number of H-pyrrole nitrogens is 1. The Labute approximate surface area is 150 Å². The summed E-state index contributed by atoms with van der Waals surface area (Å²) in [7, 11) is 0. The van der Waals surface area contributed by atoms with Crippen LogP contribution in [0.4, 0.5) is 5.69 Å². The first-order chi connectivity index (χ1) is 12.4. The molecule has 0 bridgehead atoms. The molecule has 1 fully saturated rings. The summed E-state index contributed by atoms with van der Waals surface area (Å²) in [5.41, 5.74) is 5.11. The summed E-state index contributed by atoms with van der Waals surface area (Å²) in [6, 6.07) is 7.64. The molecule has 0 atom stereocenters. The zero-order chi connectivity index (χ0) is 18.3. The summed E-state index contributed by atoms with van der Waals surface area (Å²) in [5, 5.41) is 10.5. The highest BCUT2D eigenvalue weighted by molar-refractivity contribution is 6.15. The first-order valence-corrected chi connectivity index (χ1v) is 8.53. The normalized spacial score (nSPS) is 18.2. The molecule has 1 aliphatic heterocycles. The molecule has 2 aliphatic rings. The number of ether oxygens (including phenoxy) is 2.